The third-order valence-corrected chi connectivity index (χ3v) is 8.60. The molecular formula is C31H32Cl2FN3O5. The number of hydrogen-bond acceptors (Lipinski definition) is 7. The number of fused-ring (bicyclic) bond motifs is 2. The van der Waals surface area contributed by atoms with Crippen LogP contribution in [0.2, 0.25) is 10.0 Å². The van der Waals surface area contributed by atoms with Crippen LogP contribution in [0.4, 0.5) is 10.1 Å². The first-order valence-electron chi connectivity index (χ1n) is 14.2. The van der Waals surface area contributed by atoms with Crippen LogP contribution in [-0.2, 0) is 32.1 Å². The van der Waals surface area contributed by atoms with E-state index in [1.54, 1.807) is 43.9 Å². The molecule has 1 aliphatic heterocycles. The van der Waals surface area contributed by atoms with E-state index in [0.717, 1.165) is 24.2 Å². The van der Waals surface area contributed by atoms with Crippen molar-refractivity contribution in [3.8, 4) is 11.3 Å². The molecule has 6 rings (SSSR count). The number of aryl methyl sites for hydroxylation is 1. The number of esters is 1. The lowest BCUT2D eigenvalue weighted by molar-refractivity contribution is -0.154. The second kappa shape index (κ2) is 11.2. The molecule has 0 radical (unpaired) electrons. The van der Waals surface area contributed by atoms with Gasteiger partial charge in [-0.1, -0.05) is 34.4 Å². The van der Waals surface area contributed by atoms with Crippen molar-refractivity contribution in [1.29, 1.82) is 0 Å². The van der Waals surface area contributed by atoms with E-state index in [9.17, 15) is 14.0 Å². The van der Waals surface area contributed by atoms with Crippen LogP contribution in [-0.4, -0.2) is 39.8 Å². The molecule has 1 amide bonds. The zero-order valence-corrected chi connectivity index (χ0v) is 25.2. The van der Waals surface area contributed by atoms with Gasteiger partial charge < -0.3 is 18.9 Å². The summed E-state index contributed by atoms with van der Waals surface area (Å²) >= 11 is 13.0. The zero-order chi connectivity index (χ0) is 29.8. The van der Waals surface area contributed by atoms with Crippen LogP contribution in [0.3, 0.4) is 0 Å². The summed E-state index contributed by atoms with van der Waals surface area (Å²) in [6, 6.07) is 6.49. The summed E-state index contributed by atoms with van der Waals surface area (Å²) < 4.78 is 32.3. The molecule has 0 spiro atoms. The van der Waals surface area contributed by atoms with Crippen LogP contribution in [0, 0.1) is 11.7 Å². The number of ether oxygens (including phenoxy) is 2. The molecule has 2 bridgehead atoms. The third-order valence-electron chi connectivity index (χ3n) is 7.97. The number of halogens is 3. The van der Waals surface area contributed by atoms with E-state index >= 15 is 0 Å². The Morgan fingerprint density at radius 3 is 2.57 bits per heavy atom. The van der Waals surface area contributed by atoms with Crippen molar-refractivity contribution in [2.45, 2.75) is 89.6 Å². The van der Waals surface area contributed by atoms with Crippen molar-refractivity contribution in [2.75, 3.05) is 4.90 Å². The molecule has 1 aromatic carbocycles. The molecule has 3 fully saturated rings. The van der Waals surface area contributed by atoms with Gasteiger partial charge in [-0.15, -0.1) is 0 Å². The number of rotatable bonds is 9. The number of carbonyl (C=O) groups excluding carboxylic acids is 2. The summed E-state index contributed by atoms with van der Waals surface area (Å²) in [5, 5.41) is 5.26. The second-order valence-electron chi connectivity index (χ2n) is 12.2. The lowest BCUT2D eigenvalue weighted by atomic mass is 10.0. The van der Waals surface area contributed by atoms with Gasteiger partial charge >= 0.3 is 5.97 Å². The van der Waals surface area contributed by atoms with Gasteiger partial charge in [0.15, 0.2) is 0 Å². The van der Waals surface area contributed by atoms with Crippen LogP contribution in [0.1, 0.15) is 75.8 Å². The first-order chi connectivity index (χ1) is 20.0. The summed E-state index contributed by atoms with van der Waals surface area (Å²) in [6.45, 7) is 5.56. The van der Waals surface area contributed by atoms with Crippen molar-refractivity contribution < 1.29 is 28.0 Å². The fourth-order valence-corrected chi connectivity index (χ4v) is 6.52. The standard InChI is InChI=1S/C31H32Cl2FN3O5/c1-31(2,3)41-26(38)10-9-24-23(34)12-18(14-35-24)37-17-11-19(30(37)39)25(13-17)40-15-20-28(36-42-29(20)16-7-8-16)27-21(32)5-4-6-22(27)33/h4-6,12,14,16-17,19,25H,7-11,13,15H2,1-3H3/t17-,19+,25-/m0/s1. The Labute approximate surface area is 253 Å². The highest BCUT2D eigenvalue weighted by molar-refractivity contribution is 6.39. The molecule has 3 aromatic rings. The highest BCUT2D eigenvalue weighted by Crippen LogP contribution is 2.47. The van der Waals surface area contributed by atoms with E-state index < -0.39 is 17.4 Å². The van der Waals surface area contributed by atoms with E-state index in [1.165, 1.54) is 12.3 Å². The number of aromatic nitrogens is 2. The minimum Gasteiger partial charge on any atom is -0.460 e. The molecule has 222 valence electrons. The molecular weight excluding hydrogens is 584 g/mol. The predicted molar refractivity (Wildman–Crippen MR) is 155 cm³/mol. The minimum absolute atomic E-state index is 0.0198. The van der Waals surface area contributed by atoms with E-state index in [4.69, 9.17) is 37.2 Å². The quantitative estimate of drug-likeness (QED) is 0.238. The highest BCUT2D eigenvalue weighted by atomic mass is 35.5. The largest absolute Gasteiger partial charge is 0.460 e. The maximum Gasteiger partial charge on any atom is 0.306 e. The Bertz CT molecular complexity index is 1510. The maximum atomic E-state index is 14.9. The molecule has 0 N–H and O–H groups in total. The van der Waals surface area contributed by atoms with Gasteiger partial charge in [0.2, 0.25) is 5.91 Å². The Balaban J connectivity index is 1.12. The number of nitrogens with zero attached hydrogens (tertiary/aromatic N) is 3. The monoisotopic (exact) mass is 615 g/mol. The molecule has 1 saturated heterocycles. The number of benzene rings is 1. The Morgan fingerprint density at radius 2 is 1.93 bits per heavy atom. The maximum absolute atomic E-state index is 14.9. The predicted octanol–water partition coefficient (Wildman–Crippen LogP) is 7.04. The van der Waals surface area contributed by atoms with Gasteiger partial charge in [-0.25, -0.2) is 4.39 Å². The van der Waals surface area contributed by atoms with Crippen molar-refractivity contribution >= 4 is 40.8 Å². The Morgan fingerprint density at radius 1 is 1.19 bits per heavy atom. The van der Waals surface area contributed by atoms with Gasteiger partial charge in [0.05, 0.1) is 52.7 Å². The summed E-state index contributed by atoms with van der Waals surface area (Å²) in [5.74, 6) is -0.348. The minimum atomic E-state index is -0.607. The highest BCUT2D eigenvalue weighted by Gasteiger charge is 2.52. The first kappa shape index (κ1) is 29.1. The fraction of sp³-hybridized carbons (Fsp3) is 0.484. The molecule has 2 aliphatic carbocycles. The number of pyridine rings is 1. The molecule has 42 heavy (non-hydrogen) atoms. The molecule has 3 heterocycles. The van der Waals surface area contributed by atoms with Gasteiger partial charge in [0.1, 0.15) is 22.9 Å². The average Bonchev–Trinajstić information content (AvgIpc) is 3.42. The van der Waals surface area contributed by atoms with Gasteiger partial charge in [-0.05, 0) is 58.6 Å². The molecule has 0 unspecified atom stereocenters. The summed E-state index contributed by atoms with van der Waals surface area (Å²) in [5.41, 5.74) is 1.95. The molecule has 3 atom stereocenters. The second-order valence-corrected chi connectivity index (χ2v) is 13.1. The van der Waals surface area contributed by atoms with Gasteiger partial charge in [0.25, 0.3) is 0 Å². The Hall–Kier alpha value is -3.01. The van der Waals surface area contributed by atoms with Gasteiger partial charge in [-0.3, -0.25) is 14.6 Å². The summed E-state index contributed by atoms with van der Waals surface area (Å²) in [7, 11) is 0. The number of carbonyl (C=O) groups is 2. The van der Waals surface area contributed by atoms with Gasteiger partial charge in [-0.2, -0.15) is 0 Å². The zero-order valence-electron chi connectivity index (χ0n) is 23.7. The van der Waals surface area contributed by atoms with Crippen LogP contribution < -0.4 is 4.90 Å². The van der Waals surface area contributed by atoms with E-state index in [-0.39, 0.29) is 55.0 Å². The van der Waals surface area contributed by atoms with E-state index in [0.29, 0.717) is 39.8 Å². The Kier molecular flexibility index (Phi) is 7.79. The first-order valence-corrected chi connectivity index (χ1v) is 15.0. The lowest BCUT2D eigenvalue weighted by Crippen LogP contribution is -2.43. The number of piperidine rings is 1. The normalized spacial score (nSPS) is 21.8. The van der Waals surface area contributed by atoms with E-state index in [1.807, 2.05) is 0 Å². The third kappa shape index (κ3) is 5.79. The molecule has 2 saturated carbocycles. The van der Waals surface area contributed by atoms with Crippen LogP contribution in [0.15, 0.2) is 35.0 Å². The topological polar surface area (TPSA) is 94.8 Å². The summed E-state index contributed by atoms with van der Waals surface area (Å²) in [4.78, 5) is 31.3. The number of anilines is 1. The SMILES string of the molecule is CC(C)(C)OC(=O)CCc1ncc(N2C(=O)[C@@H]3C[C@H]2C[C@@H]3OCc2c(-c3c(Cl)cccc3Cl)noc2C2CC2)cc1F. The molecule has 3 aliphatic rings. The van der Waals surface area contributed by atoms with Crippen LogP contribution in [0.25, 0.3) is 11.3 Å². The smallest absolute Gasteiger partial charge is 0.306 e. The van der Waals surface area contributed by atoms with Crippen molar-refractivity contribution in [1.82, 2.24) is 10.1 Å². The van der Waals surface area contributed by atoms with Crippen LogP contribution in [0.5, 0.6) is 0 Å². The molecule has 2 aromatic heterocycles. The molecule has 11 heteroatoms. The number of amides is 1. The summed E-state index contributed by atoms with van der Waals surface area (Å²) in [6.07, 6.45) is 4.61. The van der Waals surface area contributed by atoms with Crippen molar-refractivity contribution in [3.05, 3.63) is 63.3 Å². The van der Waals surface area contributed by atoms with E-state index in [2.05, 4.69) is 10.1 Å². The van der Waals surface area contributed by atoms with Crippen LogP contribution >= 0.6 is 23.2 Å². The van der Waals surface area contributed by atoms with Gasteiger partial charge in [0, 0.05) is 35.6 Å². The lowest BCUT2D eigenvalue weighted by Gasteiger charge is -2.31. The number of hydrogen-bond donors (Lipinski definition) is 0. The van der Waals surface area contributed by atoms with Crippen molar-refractivity contribution in [3.63, 3.8) is 0 Å². The average molecular weight is 617 g/mol. The van der Waals surface area contributed by atoms with Crippen molar-refractivity contribution in [2.24, 2.45) is 5.92 Å². The molecule has 8 nitrogen and oxygen atoms in total. The fourth-order valence-electron chi connectivity index (χ4n) is 5.95.